The van der Waals surface area contributed by atoms with E-state index in [1.165, 1.54) is 25.0 Å². The van der Waals surface area contributed by atoms with E-state index >= 15 is 0 Å². The smallest absolute Gasteiger partial charge is 0.386 e. The molecule has 1 saturated carbocycles. The fraction of sp³-hybridized carbons (Fsp3) is 0.519. The van der Waals surface area contributed by atoms with E-state index in [0.717, 1.165) is 62.3 Å². The van der Waals surface area contributed by atoms with Gasteiger partial charge in [-0.15, -0.1) is 0 Å². The van der Waals surface area contributed by atoms with Crippen molar-refractivity contribution in [3.8, 4) is 0 Å². The van der Waals surface area contributed by atoms with Crippen molar-refractivity contribution in [2.24, 2.45) is 5.16 Å². The Balaban J connectivity index is 1.17. The van der Waals surface area contributed by atoms with Crippen molar-refractivity contribution >= 4 is 11.5 Å². The molecule has 1 saturated heterocycles. The van der Waals surface area contributed by atoms with Gasteiger partial charge in [0.25, 0.3) is 0 Å². The summed E-state index contributed by atoms with van der Waals surface area (Å²) in [5.41, 5.74) is 1.39. The molecule has 0 radical (unpaired) electrons. The van der Waals surface area contributed by atoms with Gasteiger partial charge in [0.1, 0.15) is 5.84 Å². The predicted molar refractivity (Wildman–Crippen MR) is 131 cm³/mol. The van der Waals surface area contributed by atoms with Crippen LogP contribution in [0.5, 0.6) is 0 Å². The molecular formula is C27H33F3N4O. The van der Waals surface area contributed by atoms with E-state index < -0.39 is 11.7 Å². The number of piperidine rings is 1. The maximum Gasteiger partial charge on any atom is 0.416 e. The number of oxime groups is 1. The van der Waals surface area contributed by atoms with Gasteiger partial charge >= 0.3 is 6.18 Å². The Labute approximate surface area is 204 Å². The lowest BCUT2D eigenvalue weighted by atomic mass is 9.88. The minimum absolute atomic E-state index is 0.0377. The number of hydrogen-bond donors (Lipinski definition) is 2. The lowest BCUT2D eigenvalue weighted by Gasteiger charge is -2.40. The lowest BCUT2D eigenvalue weighted by molar-refractivity contribution is -0.137. The molecule has 0 amide bonds. The summed E-state index contributed by atoms with van der Waals surface area (Å²) >= 11 is 0. The molecule has 2 aliphatic heterocycles. The van der Waals surface area contributed by atoms with Crippen LogP contribution < -0.4 is 15.5 Å². The van der Waals surface area contributed by atoms with Gasteiger partial charge in [0.05, 0.1) is 12.0 Å². The summed E-state index contributed by atoms with van der Waals surface area (Å²) in [5, 5.41) is 11.9. The van der Waals surface area contributed by atoms with Gasteiger partial charge in [-0.2, -0.15) is 13.2 Å². The van der Waals surface area contributed by atoms with Crippen LogP contribution in [0.15, 0.2) is 59.8 Å². The highest BCUT2D eigenvalue weighted by Crippen LogP contribution is 2.32. The molecular weight excluding hydrogens is 453 g/mol. The Bertz CT molecular complexity index is 996. The molecule has 1 unspecified atom stereocenters. The van der Waals surface area contributed by atoms with Crippen molar-refractivity contribution in [3.63, 3.8) is 0 Å². The Morgan fingerprint density at radius 2 is 1.63 bits per heavy atom. The highest BCUT2D eigenvalue weighted by atomic mass is 19.4. The second-order valence-corrected chi connectivity index (χ2v) is 9.89. The standard InChI is InChI=1S/C27H33F3N4O/c28-27(29,30)20-12-14-22(15-13-20)34-16-6-9-21(18-34)31-23-10-4-5-11-24(23)32-26-17-25(35-33-26)19-7-2-1-3-8-19/h1-3,7-8,12-15,21,23-25,31H,4-6,9-11,16-18H2,(H,32,33)/t21-,23+,24+,25?/m0/s1. The number of nitrogens with one attached hydrogen (secondary N) is 2. The molecule has 2 N–H and O–H groups in total. The number of amidine groups is 1. The second kappa shape index (κ2) is 10.5. The molecule has 8 heteroatoms. The fourth-order valence-corrected chi connectivity index (χ4v) is 5.54. The first-order valence-corrected chi connectivity index (χ1v) is 12.7. The average molecular weight is 487 g/mol. The molecule has 0 aromatic heterocycles. The quantitative estimate of drug-likeness (QED) is 0.574. The maximum atomic E-state index is 12.9. The Hall–Kier alpha value is -2.74. The molecule has 0 bridgehead atoms. The van der Waals surface area contributed by atoms with Crippen LogP contribution in [0.3, 0.4) is 0 Å². The molecule has 35 heavy (non-hydrogen) atoms. The highest BCUT2D eigenvalue weighted by molar-refractivity contribution is 5.83. The van der Waals surface area contributed by atoms with Gasteiger partial charge in [0.2, 0.25) is 0 Å². The molecule has 5 nitrogen and oxygen atoms in total. The van der Waals surface area contributed by atoms with E-state index in [9.17, 15) is 13.2 Å². The number of halogens is 3. The number of nitrogens with zero attached hydrogens (tertiary/aromatic N) is 2. The molecule has 2 aromatic carbocycles. The molecule has 188 valence electrons. The van der Waals surface area contributed by atoms with Gasteiger partial charge in [-0.05, 0) is 55.5 Å². The zero-order chi connectivity index (χ0) is 24.3. The largest absolute Gasteiger partial charge is 0.416 e. The Morgan fingerprint density at radius 1 is 0.886 bits per heavy atom. The fourth-order valence-electron chi connectivity index (χ4n) is 5.54. The van der Waals surface area contributed by atoms with E-state index in [1.807, 2.05) is 18.2 Å². The predicted octanol–water partition coefficient (Wildman–Crippen LogP) is 5.64. The van der Waals surface area contributed by atoms with E-state index in [-0.39, 0.29) is 6.10 Å². The zero-order valence-electron chi connectivity index (χ0n) is 19.8. The van der Waals surface area contributed by atoms with Gasteiger partial charge < -0.3 is 20.4 Å². The molecule has 0 spiro atoms. The van der Waals surface area contributed by atoms with Gasteiger partial charge in [0.15, 0.2) is 6.10 Å². The first kappa shape index (κ1) is 24.0. The summed E-state index contributed by atoms with van der Waals surface area (Å²) in [4.78, 5) is 7.90. The summed E-state index contributed by atoms with van der Waals surface area (Å²) in [6.07, 6.45) is 3.07. The van der Waals surface area contributed by atoms with Crippen molar-refractivity contribution in [1.29, 1.82) is 0 Å². The van der Waals surface area contributed by atoms with Gasteiger partial charge in [-0.1, -0.05) is 48.3 Å². The van der Waals surface area contributed by atoms with Crippen molar-refractivity contribution in [2.75, 3.05) is 18.0 Å². The van der Waals surface area contributed by atoms with Gasteiger partial charge in [0, 0.05) is 36.9 Å². The van der Waals surface area contributed by atoms with Crippen LogP contribution in [0, 0.1) is 0 Å². The van der Waals surface area contributed by atoms with E-state index in [0.29, 0.717) is 18.1 Å². The maximum absolute atomic E-state index is 12.9. The molecule has 3 aliphatic rings. The summed E-state index contributed by atoms with van der Waals surface area (Å²) in [7, 11) is 0. The molecule has 2 fully saturated rings. The molecule has 2 aromatic rings. The Morgan fingerprint density at radius 3 is 2.37 bits per heavy atom. The summed E-state index contributed by atoms with van der Waals surface area (Å²) in [6.45, 7) is 1.67. The number of anilines is 1. The summed E-state index contributed by atoms with van der Waals surface area (Å²) in [5.74, 6) is 0.910. The zero-order valence-corrected chi connectivity index (χ0v) is 19.8. The minimum Gasteiger partial charge on any atom is -0.386 e. The molecule has 2 heterocycles. The van der Waals surface area contributed by atoms with Crippen LogP contribution >= 0.6 is 0 Å². The third kappa shape index (κ3) is 5.92. The van der Waals surface area contributed by atoms with Crippen LogP contribution in [0.2, 0.25) is 0 Å². The van der Waals surface area contributed by atoms with Crippen LogP contribution in [0.1, 0.15) is 62.2 Å². The second-order valence-electron chi connectivity index (χ2n) is 9.89. The molecule has 1 aliphatic carbocycles. The van der Waals surface area contributed by atoms with Gasteiger partial charge in [-0.25, -0.2) is 0 Å². The van der Waals surface area contributed by atoms with Crippen LogP contribution in [-0.4, -0.2) is 37.1 Å². The van der Waals surface area contributed by atoms with E-state index in [4.69, 9.17) is 4.84 Å². The number of benzene rings is 2. The van der Waals surface area contributed by atoms with E-state index in [2.05, 4.69) is 32.8 Å². The topological polar surface area (TPSA) is 48.9 Å². The van der Waals surface area contributed by atoms with Gasteiger partial charge in [-0.3, -0.25) is 0 Å². The number of alkyl halides is 3. The lowest BCUT2D eigenvalue weighted by Crippen LogP contribution is -2.57. The van der Waals surface area contributed by atoms with Crippen molar-refractivity contribution < 1.29 is 18.0 Å². The van der Waals surface area contributed by atoms with Crippen LogP contribution in [-0.2, 0) is 11.0 Å². The average Bonchev–Trinajstić information content (AvgIpc) is 3.34. The number of rotatable bonds is 5. The Kier molecular flexibility index (Phi) is 7.18. The highest BCUT2D eigenvalue weighted by Gasteiger charge is 2.33. The number of hydrogen-bond acceptors (Lipinski definition) is 5. The molecule has 5 rings (SSSR count). The van der Waals surface area contributed by atoms with Crippen LogP contribution in [0.25, 0.3) is 0 Å². The SMILES string of the molecule is FC(F)(F)c1ccc(N2CCC[C@H](N[C@@H]3CCCC[C@H]3NC3=NOC(c4ccccc4)C3)C2)cc1. The monoisotopic (exact) mass is 486 g/mol. The van der Waals surface area contributed by atoms with Crippen molar-refractivity contribution in [2.45, 2.75) is 75.4 Å². The normalized spacial score (nSPS) is 27.3. The molecule has 4 atom stereocenters. The third-order valence-corrected chi connectivity index (χ3v) is 7.39. The minimum atomic E-state index is -4.30. The summed E-state index contributed by atoms with van der Waals surface area (Å²) < 4.78 is 38.8. The first-order chi connectivity index (χ1) is 17.0. The van der Waals surface area contributed by atoms with Crippen LogP contribution in [0.4, 0.5) is 18.9 Å². The van der Waals surface area contributed by atoms with Crippen molar-refractivity contribution in [1.82, 2.24) is 10.6 Å². The third-order valence-electron chi connectivity index (χ3n) is 7.39. The van der Waals surface area contributed by atoms with Crippen molar-refractivity contribution in [3.05, 3.63) is 65.7 Å². The van der Waals surface area contributed by atoms with E-state index in [1.54, 1.807) is 12.1 Å². The summed E-state index contributed by atoms with van der Waals surface area (Å²) in [6, 6.07) is 16.7. The first-order valence-electron chi connectivity index (χ1n) is 12.7.